The van der Waals surface area contributed by atoms with E-state index in [1.807, 2.05) is 0 Å². The first-order valence-electron chi connectivity index (χ1n) is 5.79. The van der Waals surface area contributed by atoms with Gasteiger partial charge in [-0.05, 0) is 31.0 Å². The van der Waals surface area contributed by atoms with E-state index in [0.29, 0.717) is 19.0 Å². The molecule has 2 rings (SSSR count). The predicted molar refractivity (Wildman–Crippen MR) is 61.1 cm³/mol. The second-order valence-corrected chi connectivity index (χ2v) is 4.32. The van der Waals surface area contributed by atoms with Crippen molar-refractivity contribution in [3.05, 3.63) is 29.6 Å². The minimum Gasteiger partial charge on any atom is -0.371 e. The second kappa shape index (κ2) is 5.07. The van der Waals surface area contributed by atoms with Gasteiger partial charge in [-0.25, -0.2) is 4.39 Å². The number of piperidine rings is 1. The molecule has 1 fully saturated rings. The summed E-state index contributed by atoms with van der Waals surface area (Å²) in [5.41, 5.74) is -1.15. The fourth-order valence-corrected chi connectivity index (χ4v) is 1.91. The Morgan fingerprint density at radius 2 is 2.05 bits per heavy atom. The second-order valence-electron chi connectivity index (χ2n) is 4.32. The Kier molecular flexibility index (Phi) is 3.64. The van der Waals surface area contributed by atoms with E-state index in [1.165, 1.54) is 0 Å². The third-order valence-corrected chi connectivity index (χ3v) is 2.91. The van der Waals surface area contributed by atoms with Crippen molar-refractivity contribution in [3.63, 3.8) is 0 Å². The molecule has 0 bridgehead atoms. The van der Waals surface area contributed by atoms with Gasteiger partial charge in [0.05, 0.1) is 11.3 Å². The maximum Gasteiger partial charge on any atom is 0.416 e. The summed E-state index contributed by atoms with van der Waals surface area (Å²) in [4.78, 5) is 11.5. The van der Waals surface area contributed by atoms with Crippen molar-refractivity contribution >= 4 is 11.6 Å². The zero-order valence-corrected chi connectivity index (χ0v) is 9.85. The van der Waals surface area contributed by atoms with Gasteiger partial charge in [-0.2, -0.15) is 13.2 Å². The molecule has 0 aromatic heterocycles. The predicted octanol–water partition coefficient (Wildman–Crippen LogP) is 2.54. The number of carbonyl (C=O) groups is 1. The van der Waals surface area contributed by atoms with Gasteiger partial charge in [0.1, 0.15) is 11.9 Å². The largest absolute Gasteiger partial charge is 0.416 e. The quantitative estimate of drug-likeness (QED) is 0.815. The number of rotatable bonds is 2. The van der Waals surface area contributed by atoms with Gasteiger partial charge >= 0.3 is 6.18 Å². The number of benzene rings is 1. The molecule has 1 heterocycles. The highest BCUT2D eigenvalue weighted by atomic mass is 19.4. The van der Waals surface area contributed by atoms with E-state index in [2.05, 4.69) is 10.6 Å². The first-order valence-corrected chi connectivity index (χ1v) is 5.79. The molecule has 1 aliphatic heterocycles. The van der Waals surface area contributed by atoms with Gasteiger partial charge in [-0.15, -0.1) is 0 Å². The van der Waals surface area contributed by atoms with E-state index in [0.717, 1.165) is 18.6 Å². The molecule has 0 saturated carbocycles. The first-order chi connectivity index (χ1) is 8.88. The molecule has 7 heteroatoms. The summed E-state index contributed by atoms with van der Waals surface area (Å²) in [6, 6.07) is 1.59. The van der Waals surface area contributed by atoms with Crippen LogP contribution in [0.15, 0.2) is 18.2 Å². The third kappa shape index (κ3) is 3.15. The van der Waals surface area contributed by atoms with E-state index < -0.39 is 23.6 Å². The van der Waals surface area contributed by atoms with Crippen LogP contribution in [0.25, 0.3) is 0 Å². The standard InChI is InChI=1S/C12H12F4N2O/c13-8-6-7(12(14,15)16)3-4-9(8)18-10-2-1-5-17-11(10)19/h3-4,6,10,18H,1-2,5H2,(H,17,19). The summed E-state index contributed by atoms with van der Waals surface area (Å²) < 4.78 is 50.7. The normalized spacial score (nSPS) is 20.0. The van der Waals surface area contributed by atoms with Crippen LogP contribution < -0.4 is 10.6 Å². The fraction of sp³-hybridized carbons (Fsp3) is 0.417. The summed E-state index contributed by atoms with van der Waals surface area (Å²) in [6.07, 6.45) is -3.32. The molecule has 3 nitrogen and oxygen atoms in total. The Labute approximate surface area is 107 Å². The minimum absolute atomic E-state index is 0.102. The van der Waals surface area contributed by atoms with Crippen molar-refractivity contribution in [1.29, 1.82) is 0 Å². The number of hydrogen-bond donors (Lipinski definition) is 2. The van der Waals surface area contributed by atoms with Crippen LogP contribution in [0.4, 0.5) is 23.2 Å². The average molecular weight is 276 g/mol. The molecular weight excluding hydrogens is 264 g/mol. The lowest BCUT2D eigenvalue weighted by molar-refractivity contribution is -0.137. The number of halogens is 4. The van der Waals surface area contributed by atoms with Crippen LogP contribution in [0.3, 0.4) is 0 Å². The monoisotopic (exact) mass is 276 g/mol. The Hall–Kier alpha value is -1.79. The molecule has 1 atom stereocenters. The lowest BCUT2D eigenvalue weighted by Gasteiger charge is -2.24. The molecule has 1 aromatic rings. The smallest absolute Gasteiger partial charge is 0.371 e. The van der Waals surface area contributed by atoms with Crippen molar-refractivity contribution in [2.24, 2.45) is 0 Å². The minimum atomic E-state index is -4.58. The molecule has 0 aliphatic carbocycles. The van der Waals surface area contributed by atoms with Gasteiger partial charge < -0.3 is 10.6 Å². The van der Waals surface area contributed by atoms with Crippen LogP contribution in [0.5, 0.6) is 0 Å². The molecule has 104 valence electrons. The molecule has 0 spiro atoms. The molecule has 1 saturated heterocycles. The third-order valence-electron chi connectivity index (χ3n) is 2.91. The van der Waals surface area contributed by atoms with Crippen LogP contribution in [0, 0.1) is 5.82 Å². The Balaban J connectivity index is 2.15. The highest BCUT2D eigenvalue weighted by Crippen LogP contribution is 2.31. The van der Waals surface area contributed by atoms with Gasteiger partial charge in [0.2, 0.25) is 5.91 Å². The number of hydrogen-bond acceptors (Lipinski definition) is 2. The van der Waals surface area contributed by atoms with E-state index >= 15 is 0 Å². The van der Waals surface area contributed by atoms with Gasteiger partial charge in [-0.3, -0.25) is 4.79 Å². The van der Waals surface area contributed by atoms with Crippen LogP contribution in [0.2, 0.25) is 0 Å². The molecule has 1 unspecified atom stereocenters. The zero-order valence-electron chi connectivity index (χ0n) is 9.85. The fourth-order valence-electron chi connectivity index (χ4n) is 1.91. The number of nitrogens with one attached hydrogen (secondary N) is 2. The maximum atomic E-state index is 13.6. The molecule has 1 aromatic carbocycles. The van der Waals surface area contributed by atoms with Crippen LogP contribution in [-0.2, 0) is 11.0 Å². The van der Waals surface area contributed by atoms with Gasteiger partial charge in [0.15, 0.2) is 0 Å². The average Bonchev–Trinajstić information content (AvgIpc) is 2.33. The van der Waals surface area contributed by atoms with Crippen molar-refractivity contribution in [2.75, 3.05) is 11.9 Å². The van der Waals surface area contributed by atoms with Crippen molar-refractivity contribution in [1.82, 2.24) is 5.32 Å². The summed E-state index contributed by atoms with van der Waals surface area (Å²) in [5, 5.41) is 5.23. The highest BCUT2D eigenvalue weighted by Gasteiger charge is 2.31. The van der Waals surface area contributed by atoms with E-state index in [-0.39, 0.29) is 11.6 Å². The van der Waals surface area contributed by atoms with E-state index in [4.69, 9.17) is 0 Å². The Morgan fingerprint density at radius 3 is 2.63 bits per heavy atom. The number of anilines is 1. The van der Waals surface area contributed by atoms with E-state index in [1.54, 1.807) is 0 Å². The zero-order chi connectivity index (χ0) is 14.0. The number of amides is 1. The van der Waals surface area contributed by atoms with Crippen LogP contribution in [0.1, 0.15) is 18.4 Å². The Bertz CT molecular complexity index is 487. The molecule has 1 amide bonds. The van der Waals surface area contributed by atoms with Gasteiger partial charge in [0.25, 0.3) is 0 Å². The number of carbonyl (C=O) groups excluding carboxylic acids is 1. The molecule has 2 N–H and O–H groups in total. The van der Waals surface area contributed by atoms with Crippen molar-refractivity contribution < 1.29 is 22.4 Å². The topological polar surface area (TPSA) is 41.1 Å². The lowest BCUT2D eigenvalue weighted by atomic mass is 10.1. The maximum absolute atomic E-state index is 13.6. The van der Waals surface area contributed by atoms with Crippen molar-refractivity contribution in [2.45, 2.75) is 25.1 Å². The molecule has 1 aliphatic rings. The SMILES string of the molecule is O=C1NCCCC1Nc1ccc(C(F)(F)F)cc1F. The van der Waals surface area contributed by atoms with Crippen molar-refractivity contribution in [3.8, 4) is 0 Å². The molecule has 19 heavy (non-hydrogen) atoms. The molecular formula is C12H12F4N2O. The van der Waals surface area contributed by atoms with Gasteiger partial charge in [0, 0.05) is 6.54 Å². The summed E-state index contributed by atoms with van der Waals surface area (Å²) >= 11 is 0. The lowest BCUT2D eigenvalue weighted by Crippen LogP contribution is -2.44. The highest BCUT2D eigenvalue weighted by molar-refractivity contribution is 5.85. The first kappa shape index (κ1) is 13.6. The number of alkyl halides is 3. The van der Waals surface area contributed by atoms with Crippen LogP contribution in [-0.4, -0.2) is 18.5 Å². The Morgan fingerprint density at radius 1 is 1.32 bits per heavy atom. The van der Waals surface area contributed by atoms with Crippen LogP contribution >= 0.6 is 0 Å². The van der Waals surface area contributed by atoms with E-state index in [9.17, 15) is 22.4 Å². The van der Waals surface area contributed by atoms with Gasteiger partial charge in [-0.1, -0.05) is 0 Å². The summed E-state index contributed by atoms with van der Waals surface area (Å²) in [7, 11) is 0. The summed E-state index contributed by atoms with van der Waals surface area (Å²) in [5.74, 6) is -1.29. The molecule has 0 radical (unpaired) electrons. The summed E-state index contributed by atoms with van der Waals surface area (Å²) in [6.45, 7) is 0.562.